The first-order valence-corrected chi connectivity index (χ1v) is 8.61. The number of benzene rings is 1. The molecule has 0 atom stereocenters. The fourth-order valence-electron chi connectivity index (χ4n) is 3.30. The van der Waals surface area contributed by atoms with Crippen LogP contribution in [-0.2, 0) is 13.0 Å². The Morgan fingerprint density at radius 2 is 2.00 bits per heavy atom. The number of fused-ring (bicyclic) bond motifs is 1. The van der Waals surface area contributed by atoms with Crippen molar-refractivity contribution < 1.29 is 9.18 Å². The Morgan fingerprint density at radius 3 is 2.74 bits per heavy atom. The monoisotopic (exact) mass is 364 g/mol. The average Bonchev–Trinajstić information content (AvgIpc) is 2.67. The van der Waals surface area contributed by atoms with Crippen LogP contribution in [0.3, 0.4) is 0 Å². The van der Waals surface area contributed by atoms with Gasteiger partial charge in [-0.25, -0.2) is 9.37 Å². The largest absolute Gasteiger partial charge is 0.332 e. The van der Waals surface area contributed by atoms with Crippen LogP contribution in [0.25, 0.3) is 11.4 Å². The Morgan fingerprint density at radius 1 is 1.22 bits per heavy atom. The van der Waals surface area contributed by atoms with E-state index in [-0.39, 0.29) is 23.8 Å². The zero-order valence-electron chi connectivity index (χ0n) is 14.7. The number of aromatic amines is 1. The highest BCUT2D eigenvalue weighted by Gasteiger charge is 2.26. The number of carbonyl (C=O) groups is 1. The van der Waals surface area contributed by atoms with E-state index in [1.54, 1.807) is 36.4 Å². The molecule has 0 spiro atoms. The predicted octanol–water partition coefficient (Wildman–Crippen LogP) is 2.48. The van der Waals surface area contributed by atoms with Crippen molar-refractivity contribution in [3.8, 4) is 11.4 Å². The van der Waals surface area contributed by atoms with Crippen molar-refractivity contribution in [1.82, 2.24) is 19.9 Å². The van der Waals surface area contributed by atoms with Gasteiger partial charge in [0.1, 0.15) is 11.6 Å². The third kappa shape index (κ3) is 3.23. The highest BCUT2D eigenvalue weighted by Crippen LogP contribution is 2.21. The van der Waals surface area contributed by atoms with E-state index in [0.717, 1.165) is 5.56 Å². The maximum atomic E-state index is 13.3. The maximum absolute atomic E-state index is 13.3. The Bertz CT molecular complexity index is 1080. The Kier molecular flexibility index (Phi) is 4.27. The summed E-state index contributed by atoms with van der Waals surface area (Å²) in [6, 6.07) is 7.64. The lowest BCUT2D eigenvalue weighted by Gasteiger charge is -2.28. The van der Waals surface area contributed by atoms with Crippen LogP contribution in [0.4, 0.5) is 4.39 Å². The lowest BCUT2D eigenvalue weighted by molar-refractivity contribution is 0.0730. The van der Waals surface area contributed by atoms with Gasteiger partial charge in [0.15, 0.2) is 0 Å². The van der Waals surface area contributed by atoms with E-state index < -0.39 is 0 Å². The second kappa shape index (κ2) is 6.75. The van der Waals surface area contributed by atoms with Crippen molar-refractivity contribution >= 4 is 5.91 Å². The minimum Gasteiger partial charge on any atom is -0.332 e. The van der Waals surface area contributed by atoms with Gasteiger partial charge in [0, 0.05) is 35.6 Å². The zero-order valence-corrected chi connectivity index (χ0v) is 14.7. The molecule has 1 amide bonds. The fraction of sp³-hybridized carbons (Fsp3) is 0.200. The summed E-state index contributed by atoms with van der Waals surface area (Å²) in [7, 11) is 0. The molecule has 1 aliphatic heterocycles. The van der Waals surface area contributed by atoms with E-state index in [1.807, 2.05) is 0 Å². The van der Waals surface area contributed by atoms with Crippen molar-refractivity contribution in [2.24, 2.45) is 0 Å². The number of amides is 1. The second-order valence-corrected chi connectivity index (χ2v) is 6.51. The Labute approximate surface area is 154 Å². The summed E-state index contributed by atoms with van der Waals surface area (Å²) >= 11 is 0. The topological polar surface area (TPSA) is 79.0 Å². The first-order chi connectivity index (χ1) is 13.0. The molecule has 0 aliphatic carbocycles. The molecule has 4 rings (SSSR count). The van der Waals surface area contributed by atoms with E-state index >= 15 is 0 Å². The Balaban J connectivity index is 1.67. The number of aryl methyl sites for hydroxylation is 1. The van der Waals surface area contributed by atoms with Gasteiger partial charge < -0.3 is 9.88 Å². The standard InChI is InChI=1S/C20H17FN4O2/c1-12-10-14(21)2-3-15(12)20(27)25-9-6-16-17(11-25)23-18(24-19(16)26)13-4-7-22-8-5-13/h2-5,7-8,10H,6,9,11H2,1H3,(H,23,24,26). The van der Waals surface area contributed by atoms with Gasteiger partial charge in [-0.15, -0.1) is 0 Å². The van der Waals surface area contributed by atoms with Crippen LogP contribution in [0.15, 0.2) is 47.5 Å². The summed E-state index contributed by atoms with van der Waals surface area (Å²) in [4.78, 5) is 38.3. The summed E-state index contributed by atoms with van der Waals surface area (Å²) in [6.45, 7) is 2.37. The molecular weight excluding hydrogens is 347 g/mol. The van der Waals surface area contributed by atoms with Crippen LogP contribution < -0.4 is 5.56 Å². The molecule has 1 aromatic carbocycles. The molecule has 0 saturated carbocycles. The summed E-state index contributed by atoms with van der Waals surface area (Å²) in [5, 5.41) is 0. The summed E-state index contributed by atoms with van der Waals surface area (Å²) in [6.07, 6.45) is 3.68. The van der Waals surface area contributed by atoms with Crippen LogP contribution in [0, 0.1) is 12.7 Å². The minimum absolute atomic E-state index is 0.183. The quantitative estimate of drug-likeness (QED) is 0.758. The van der Waals surface area contributed by atoms with Gasteiger partial charge >= 0.3 is 0 Å². The van der Waals surface area contributed by atoms with E-state index in [0.29, 0.717) is 41.2 Å². The number of pyridine rings is 1. The molecule has 3 heterocycles. The zero-order chi connectivity index (χ0) is 19.0. The van der Waals surface area contributed by atoms with Gasteiger partial charge in [-0.05, 0) is 49.2 Å². The minimum atomic E-state index is -0.372. The fourth-order valence-corrected chi connectivity index (χ4v) is 3.30. The van der Waals surface area contributed by atoms with Gasteiger partial charge in [0.05, 0.1) is 12.2 Å². The van der Waals surface area contributed by atoms with Crippen LogP contribution in [0.1, 0.15) is 27.2 Å². The highest BCUT2D eigenvalue weighted by molar-refractivity contribution is 5.95. The van der Waals surface area contributed by atoms with E-state index in [9.17, 15) is 14.0 Å². The molecule has 2 aromatic heterocycles. The average molecular weight is 364 g/mol. The smallest absolute Gasteiger partial charge is 0.254 e. The number of nitrogens with zero attached hydrogens (tertiary/aromatic N) is 3. The van der Waals surface area contributed by atoms with Crippen molar-refractivity contribution in [3.63, 3.8) is 0 Å². The molecule has 27 heavy (non-hydrogen) atoms. The van der Waals surface area contributed by atoms with Crippen LogP contribution in [-0.4, -0.2) is 32.3 Å². The number of nitrogens with one attached hydrogen (secondary N) is 1. The van der Waals surface area contributed by atoms with Crippen LogP contribution in [0.5, 0.6) is 0 Å². The number of aromatic nitrogens is 3. The van der Waals surface area contributed by atoms with Gasteiger partial charge in [0.25, 0.3) is 11.5 Å². The molecule has 136 valence electrons. The molecule has 7 heteroatoms. The van der Waals surface area contributed by atoms with E-state index in [1.165, 1.54) is 18.2 Å². The summed E-state index contributed by atoms with van der Waals surface area (Å²) in [5.74, 6) is -0.109. The predicted molar refractivity (Wildman–Crippen MR) is 97.7 cm³/mol. The molecule has 0 radical (unpaired) electrons. The normalized spacial score (nSPS) is 13.3. The van der Waals surface area contributed by atoms with Crippen molar-refractivity contribution in [2.45, 2.75) is 19.9 Å². The summed E-state index contributed by atoms with van der Waals surface area (Å²) in [5.41, 5.74) is 2.80. The number of carbonyl (C=O) groups excluding carboxylic acids is 1. The molecule has 0 bridgehead atoms. The van der Waals surface area contributed by atoms with Crippen LogP contribution >= 0.6 is 0 Å². The third-order valence-corrected chi connectivity index (χ3v) is 4.73. The Hall–Kier alpha value is -3.35. The number of hydrogen-bond donors (Lipinski definition) is 1. The van der Waals surface area contributed by atoms with Crippen LogP contribution in [0.2, 0.25) is 0 Å². The lowest BCUT2D eigenvalue weighted by Crippen LogP contribution is -2.39. The second-order valence-electron chi connectivity index (χ2n) is 6.51. The van der Waals surface area contributed by atoms with E-state index in [4.69, 9.17) is 0 Å². The molecule has 0 fully saturated rings. The molecule has 0 unspecified atom stereocenters. The maximum Gasteiger partial charge on any atom is 0.254 e. The van der Waals surface area contributed by atoms with Gasteiger partial charge in [-0.1, -0.05) is 0 Å². The number of halogens is 1. The van der Waals surface area contributed by atoms with Crippen molar-refractivity contribution in [2.75, 3.05) is 6.54 Å². The number of H-pyrrole nitrogens is 1. The molecular formula is C20H17FN4O2. The molecule has 1 aliphatic rings. The van der Waals surface area contributed by atoms with Gasteiger partial charge in [0.2, 0.25) is 0 Å². The number of hydrogen-bond acceptors (Lipinski definition) is 4. The third-order valence-electron chi connectivity index (χ3n) is 4.73. The molecule has 0 saturated heterocycles. The molecule has 3 aromatic rings. The van der Waals surface area contributed by atoms with Gasteiger partial charge in [-0.3, -0.25) is 14.6 Å². The van der Waals surface area contributed by atoms with Crippen molar-refractivity contribution in [1.29, 1.82) is 0 Å². The summed E-state index contributed by atoms with van der Waals surface area (Å²) < 4.78 is 13.3. The number of rotatable bonds is 2. The first kappa shape index (κ1) is 17.1. The molecule has 6 nitrogen and oxygen atoms in total. The lowest BCUT2D eigenvalue weighted by atomic mass is 10.0. The SMILES string of the molecule is Cc1cc(F)ccc1C(=O)N1CCc2c(nc(-c3ccncc3)[nH]c2=O)C1. The van der Waals surface area contributed by atoms with Crippen molar-refractivity contribution in [3.05, 3.63) is 81.3 Å². The molecule has 1 N–H and O–H groups in total. The highest BCUT2D eigenvalue weighted by atomic mass is 19.1. The first-order valence-electron chi connectivity index (χ1n) is 8.61. The van der Waals surface area contributed by atoms with E-state index in [2.05, 4.69) is 15.0 Å². The van der Waals surface area contributed by atoms with Gasteiger partial charge in [-0.2, -0.15) is 0 Å².